The summed E-state index contributed by atoms with van der Waals surface area (Å²) in [7, 11) is 1.85. The first-order valence-corrected chi connectivity index (χ1v) is 7.14. The molecule has 8 heteroatoms. The van der Waals surface area contributed by atoms with E-state index in [9.17, 15) is 0 Å². The smallest absolute Gasteiger partial charge is 0.163 e. The van der Waals surface area contributed by atoms with Gasteiger partial charge in [0.15, 0.2) is 11.5 Å². The van der Waals surface area contributed by atoms with Crippen molar-refractivity contribution in [2.45, 2.75) is 20.4 Å². The van der Waals surface area contributed by atoms with E-state index in [-0.39, 0.29) is 0 Å². The molecule has 0 aliphatic carbocycles. The van der Waals surface area contributed by atoms with E-state index in [0.717, 1.165) is 36.6 Å². The number of likely N-dealkylation sites (N-methyl/N-ethyl adjacent to an activating group) is 1. The van der Waals surface area contributed by atoms with Gasteiger partial charge in [0.05, 0.1) is 24.7 Å². The maximum Gasteiger partial charge on any atom is 0.163 e. The average molecular weight is 293 g/mol. The van der Waals surface area contributed by atoms with Crippen LogP contribution in [0.1, 0.15) is 19.7 Å². The second-order valence-electron chi connectivity index (χ2n) is 4.70. The summed E-state index contributed by atoms with van der Waals surface area (Å²) in [6.45, 7) is 7.95. The van der Waals surface area contributed by atoms with Gasteiger partial charge in [-0.3, -0.25) is 9.58 Å². The quantitative estimate of drug-likeness (QED) is 0.416. The summed E-state index contributed by atoms with van der Waals surface area (Å²) in [4.78, 5) is 11.3. The van der Waals surface area contributed by atoms with Gasteiger partial charge in [-0.05, 0) is 13.5 Å². The molecule has 0 bridgehead atoms. The topological polar surface area (TPSA) is 94.1 Å². The van der Waals surface area contributed by atoms with Gasteiger partial charge < -0.3 is 10.2 Å². The Morgan fingerprint density at radius 3 is 2.86 bits per heavy atom. The number of nitrogens with two attached hydrogens (primary N) is 1. The molecule has 0 amide bonds. The van der Waals surface area contributed by atoms with Crippen LogP contribution in [0, 0.1) is 0 Å². The molecular weight excluding hydrogens is 270 g/mol. The van der Waals surface area contributed by atoms with Crippen molar-refractivity contribution in [2.24, 2.45) is 12.9 Å². The fourth-order valence-corrected chi connectivity index (χ4v) is 2.13. The van der Waals surface area contributed by atoms with Gasteiger partial charge >= 0.3 is 0 Å². The molecule has 3 N–H and O–H groups in total. The molecule has 0 saturated heterocycles. The molecule has 0 aromatic carbocycles. The van der Waals surface area contributed by atoms with E-state index >= 15 is 0 Å². The second kappa shape index (κ2) is 7.30. The Labute approximate surface area is 124 Å². The fourth-order valence-electron chi connectivity index (χ4n) is 2.13. The Morgan fingerprint density at radius 2 is 2.19 bits per heavy atom. The van der Waals surface area contributed by atoms with Gasteiger partial charge in [0.2, 0.25) is 0 Å². The minimum Gasteiger partial charge on any atom is -0.380 e. The van der Waals surface area contributed by atoms with E-state index in [1.165, 1.54) is 0 Å². The van der Waals surface area contributed by atoms with Crippen LogP contribution in [0.5, 0.6) is 0 Å². The number of hydrazine groups is 1. The number of nitrogens with one attached hydrogen (secondary N) is 1. The van der Waals surface area contributed by atoms with Crippen molar-refractivity contribution < 1.29 is 4.74 Å². The summed E-state index contributed by atoms with van der Waals surface area (Å²) >= 11 is 0. The molecule has 116 valence electrons. The Hall–Kier alpha value is -1.77. The van der Waals surface area contributed by atoms with E-state index < -0.39 is 0 Å². The van der Waals surface area contributed by atoms with Crippen LogP contribution >= 0.6 is 0 Å². The zero-order valence-electron chi connectivity index (χ0n) is 12.8. The number of nitrogen functional groups attached to an aromatic ring is 1. The van der Waals surface area contributed by atoms with Crippen LogP contribution in [0.15, 0.2) is 6.20 Å². The van der Waals surface area contributed by atoms with Gasteiger partial charge in [-0.1, -0.05) is 6.92 Å². The minimum absolute atomic E-state index is 0.601. The molecule has 2 aromatic rings. The standard InChI is InChI=1S/C13H23N7O/c1-4-20(6-7-21-5-2)9-11-16-12(18-14)10-8-15-19(3)13(10)17-11/h8H,4-7,9,14H2,1-3H3,(H,16,17,18). The number of ether oxygens (including phenoxy) is 1. The van der Waals surface area contributed by atoms with Crippen molar-refractivity contribution in [3.05, 3.63) is 12.0 Å². The lowest BCUT2D eigenvalue weighted by molar-refractivity contribution is 0.112. The number of fused-ring (bicyclic) bond motifs is 1. The third-order valence-electron chi connectivity index (χ3n) is 3.34. The first kappa shape index (κ1) is 15.6. The van der Waals surface area contributed by atoms with Crippen molar-refractivity contribution in [1.29, 1.82) is 0 Å². The zero-order valence-corrected chi connectivity index (χ0v) is 12.8. The molecule has 0 saturated carbocycles. The van der Waals surface area contributed by atoms with Crippen molar-refractivity contribution in [1.82, 2.24) is 24.6 Å². The van der Waals surface area contributed by atoms with E-state index in [1.807, 2.05) is 14.0 Å². The lowest BCUT2D eigenvalue weighted by Gasteiger charge is -2.19. The fraction of sp³-hybridized carbons (Fsp3) is 0.615. The van der Waals surface area contributed by atoms with Gasteiger partial charge in [-0.15, -0.1) is 0 Å². The molecule has 21 heavy (non-hydrogen) atoms. The predicted molar refractivity (Wildman–Crippen MR) is 81.6 cm³/mol. The third-order valence-corrected chi connectivity index (χ3v) is 3.34. The van der Waals surface area contributed by atoms with Crippen molar-refractivity contribution in [3.8, 4) is 0 Å². The Morgan fingerprint density at radius 1 is 1.38 bits per heavy atom. The number of hydrogen-bond acceptors (Lipinski definition) is 7. The molecule has 2 heterocycles. The number of anilines is 1. The monoisotopic (exact) mass is 293 g/mol. The van der Waals surface area contributed by atoms with E-state index in [1.54, 1.807) is 10.9 Å². The van der Waals surface area contributed by atoms with Crippen molar-refractivity contribution in [2.75, 3.05) is 31.7 Å². The molecule has 2 aromatic heterocycles. The van der Waals surface area contributed by atoms with Gasteiger partial charge in [0, 0.05) is 20.2 Å². The largest absolute Gasteiger partial charge is 0.380 e. The Kier molecular flexibility index (Phi) is 5.43. The zero-order chi connectivity index (χ0) is 15.2. The first-order valence-electron chi connectivity index (χ1n) is 7.14. The maximum atomic E-state index is 5.54. The van der Waals surface area contributed by atoms with Crippen LogP contribution < -0.4 is 11.3 Å². The Bertz CT molecular complexity index is 583. The van der Waals surface area contributed by atoms with Crippen molar-refractivity contribution in [3.63, 3.8) is 0 Å². The number of rotatable bonds is 8. The summed E-state index contributed by atoms with van der Waals surface area (Å²) in [6.07, 6.45) is 1.71. The highest BCUT2D eigenvalue weighted by molar-refractivity contribution is 5.86. The number of aryl methyl sites for hydroxylation is 1. The van der Waals surface area contributed by atoms with Gasteiger partial charge in [0.25, 0.3) is 0 Å². The van der Waals surface area contributed by atoms with Crippen LogP contribution in [0.2, 0.25) is 0 Å². The van der Waals surface area contributed by atoms with Crippen LogP contribution in [-0.4, -0.2) is 51.0 Å². The van der Waals surface area contributed by atoms with E-state index in [4.69, 9.17) is 10.6 Å². The van der Waals surface area contributed by atoms with Crippen LogP contribution in [0.3, 0.4) is 0 Å². The lowest BCUT2D eigenvalue weighted by atomic mass is 10.3. The average Bonchev–Trinajstić information content (AvgIpc) is 2.87. The summed E-state index contributed by atoms with van der Waals surface area (Å²) in [5.41, 5.74) is 3.39. The molecule has 0 radical (unpaired) electrons. The van der Waals surface area contributed by atoms with Crippen LogP contribution in [0.25, 0.3) is 11.0 Å². The first-order chi connectivity index (χ1) is 10.2. The van der Waals surface area contributed by atoms with Gasteiger partial charge in [0.1, 0.15) is 5.82 Å². The minimum atomic E-state index is 0.601. The maximum absolute atomic E-state index is 5.54. The summed E-state index contributed by atoms with van der Waals surface area (Å²) in [6, 6.07) is 0. The summed E-state index contributed by atoms with van der Waals surface area (Å²) < 4.78 is 7.12. The summed E-state index contributed by atoms with van der Waals surface area (Å²) in [5.74, 6) is 6.87. The van der Waals surface area contributed by atoms with Gasteiger partial charge in [-0.2, -0.15) is 5.10 Å². The highest BCUT2D eigenvalue weighted by Gasteiger charge is 2.13. The van der Waals surface area contributed by atoms with Gasteiger partial charge in [-0.25, -0.2) is 15.8 Å². The third kappa shape index (κ3) is 3.66. The molecule has 8 nitrogen and oxygen atoms in total. The van der Waals surface area contributed by atoms with E-state index in [0.29, 0.717) is 19.0 Å². The highest BCUT2D eigenvalue weighted by atomic mass is 16.5. The van der Waals surface area contributed by atoms with Crippen LogP contribution in [-0.2, 0) is 18.3 Å². The highest BCUT2D eigenvalue weighted by Crippen LogP contribution is 2.19. The normalized spacial score (nSPS) is 11.5. The predicted octanol–water partition coefficient (Wildman–Crippen LogP) is 0.507. The lowest BCUT2D eigenvalue weighted by Crippen LogP contribution is -2.28. The Balaban J connectivity index is 2.18. The summed E-state index contributed by atoms with van der Waals surface area (Å²) in [5, 5.41) is 5.01. The molecule has 0 unspecified atom stereocenters. The molecule has 0 aliphatic rings. The molecular formula is C13H23N7O. The number of nitrogens with zero attached hydrogens (tertiary/aromatic N) is 5. The molecule has 2 rings (SSSR count). The molecule has 0 aliphatic heterocycles. The number of aromatic nitrogens is 4. The molecule has 0 atom stereocenters. The molecule has 0 fully saturated rings. The van der Waals surface area contributed by atoms with Crippen LogP contribution in [0.4, 0.5) is 5.82 Å². The second-order valence-corrected chi connectivity index (χ2v) is 4.70. The molecule has 0 spiro atoms. The SMILES string of the molecule is CCOCCN(CC)Cc1nc(NN)c2cnn(C)c2n1. The number of hydrogen-bond donors (Lipinski definition) is 2. The van der Waals surface area contributed by atoms with E-state index in [2.05, 4.69) is 32.3 Å². The van der Waals surface area contributed by atoms with Crippen molar-refractivity contribution >= 4 is 16.9 Å².